The van der Waals surface area contributed by atoms with Gasteiger partial charge in [-0.25, -0.2) is 0 Å². The molecule has 0 aliphatic rings. The maximum atomic E-state index is 12.3. The van der Waals surface area contributed by atoms with Crippen molar-refractivity contribution in [3.8, 4) is 11.3 Å². The van der Waals surface area contributed by atoms with E-state index in [4.69, 9.17) is 4.52 Å². The first-order chi connectivity index (χ1) is 10.9. The Morgan fingerprint density at radius 3 is 2.43 bits per heavy atom. The zero-order chi connectivity index (χ0) is 17.0. The molecule has 0 bridgehead atoms. The molecular formula is C15H12N2O6-2. The lowest BCUT2D eigenvalue weighted by Crippen LogP contribution is -2.50. The molecule has 1 amide bonds. The van der Waals surface area contributed by atoms with Crippen LogP contribution in [0.5, 0.6) is 0 Å². The first-order valence-electron chi connectivity index (χ1n) is 6.63. The predicted molar refractivity (Wildman–Crippen MR) is 72.6 cm³/mol. The number of hydrogen-bond acceptors (Lipinski definition) is 7. The highest BCUT2D eigenvalue weighted by molar-refractivity contribution is 6.02. The maximum absolute atomic E-state index is 12.3. The van der Waals surface area contributed by atoms with Gasteiger partial charge in [0, 0.05) is 18.0 Å². The van der Waals surface area contributed by atoms with Gasteiger partial charge >= 0.3 is 0 Å². The number of carbonyl (C=O) groups excluding carboxylic acids is 3. The zero-order valence-electron chi connectivity index (χ0n) is 12.1. The third kappa shape index (κ3) is 3.73. The van der Waals surface area contributed by atoms with E-state index in [0.717, 1.165) is 0 Å². The van der Waals surface area contributed by atoms with E-state index < -0.39 is 30.3 Å². The van der Waals surface area contributed by atoms with Crippen LogP contribution in [-0.2, 0) is 9.59 Å². The first-order valence-corrected chi connectivity index (χ1v) is 6.63. The molecule has 2 rings (SSSR count). The van der Waals surface area contributed by atoms with Gasteiger partial charge in [-0.3, -0.25) is 4.79 Å². The predicted octanol–water partition coefficient (Wildman–Crippen LogP) is -1.36. The Labute approximate surface area is 130 Å². The standard InChI is InChI=1S/C15H14N2O6/c1-8-12(13(17-23-8)9-5-3-2-4-6-9)14(20)16-10(15(21)22)7-11(18)19/h2-6,10H,7H2,1H3,(H,16,20)(H,18,19)(H,21,22)/p-2/t10-/m0/s1. The Balaban J connectivity index is 2.31. The monoisotopic (exact) mass is 316 g/mol. The highest BCUT2D eigenvalue weighted by Gasteiger charge is 2.24. The van der Waals surface area contributed by atoms with Gasteiger partial charge in [0.05, 0.1) is 12.0 Å². The van der Waals surface area contributed by atoms with Crippen LogP contribution >= 0.6 is 0 Å². The van der Waals surface area contributed by atoms with Gasteiger partial charge in [-0.15, -0.1) is 0 Å². The van der Waals surface area contributed by atoms with Gasteiger partial charge in [-0.1, -0.05) is 35.5 Å². The molecule has 0 saturated carbocycles. The normalized spacial score (nSPS) is 11.7. The second-order valence-electron chi connectivity index (χ2n) is 4.75. The highest BCUT2D eigenvalue weighted by Crippen LogP contribution is 2.25. The topological polar surface area (TPSA) is 135 Å². The molecule has 120 valence electrons. The average molecular weight is 316 g/mol. The number of benzene rings is 1. The van der Waals surface area contributed by atoms with Crippen molar-refractivity contribution in [2.45, 2.75) is 19.4 Å². The number of amides is 1. The van der Waals surface area contributed by atoms with Crippen LogP contribution in [0, 0.1) is 6.92 Å². The minimum Gasteiger partial charge on any atom is -0.550 e. The summed E-state index contributed by atoms with van der Waals surface area (Å²) in [5.74, 6) is -3.99. The van der Waals surface area contributed by atoms with Crippen molar-refractivity contribution in [3.05, 3.63) is 41.7 Å². The SMILES string of the molecule is Cc1onc(-c2ccccc2)c1C(=O)N[C@@H](CC(=O)[O-])C(=O)[O-]. The fourth-order valence-corrected chi connectivity index (χ4v) is 2.02. The molecule has 1 heterocycles. The van der Waals surface area contributed by atoms with E-state index in [1.807, 2.05) is 0 Å². The van der Waals surface area contributed by atoms with Crippen molar-refractivity contribution in [2.24, 2.45) is 0 Å². The fourth-order valence-electron chi connectivity index (χ4n) is 2.02. The Hall–Kier alpha value is -3.16. The van der Waals surface area contributed by atoms with Crippen LogP contribution in [0.25, 0.3) is 11.3 Å². The Bertz CT molecular complexity index is 738. The first kappa shape index (κ1) is 16.2. The van der Waals surface area contributed by atoms with Crippen molar-refractivity contribution in [1.82, 2.24) is 10.5 Å². The summed E-state index contributed by atoms with van der Waals surface area (Å²) < 4.78 is 4.99. The van der Waals surface area contributed by atoms with Crippen molar-refractivity contribution in [3.63, 3.8) is 0 Å². The van der Waals surface area contributed by atoms with Crippen LogP contribution in [0.1, 0.15) is 22.5 Å². The van der Waals surface area contributed by atoms with Crippen molar-refractivity contribution in [1.29, 1.82) is 0 Å². The third-order valence-corrected chi connectivity index (χ3v) is 3.10. The molecule has 1 aromatic heterocycles. The Morgan fingerprint density at radius 2 is 1.87 bits per heavy atom. The van der Waals surface area contributed by atoms with E-state index in [1.54, 1.807) is 30.3 Å². The lowest BCUT2D eigenvalue weighted by Gasteiger charge is -2.20. The molecule has 8 nitrogen and oxygen atoms in total. The number of nitrogens with one attached hydrogen (secondary N) is 1. The molecule has 8 heteroatoms. The van der Waals surface area contributed by atoms with Crippen molar-refractivity contribution >= 4 is 17.8 Å². The second-order valence-corrected chi connectivity index (χ2v) is 4.75. The number of rotatable bonds is 6. The molecule has 0 saturated heterocycles. The quantitative estimate of drug-likeness (QED) is 0.695. The number of aryl methyl sites for hydroxylation is 1. The maximum Gasteiger partial charge on any atom is 0.257 e. The summed E-state index contributed by atoms with van der Waals surface area (Å²) >= 11 is 0. The Kier molecular flexibility index (Phi) is 4.75. The lowest BCUT2D eigenvalue weighted by atomic mass is 10.1. The summed E-state index contributed by atoms with van der Waals surface area (Å²) in [7, 11) is 0. The van der Waals surface area contributed by atoms with E-state index >= 15 is 0 Å². The van der Waals surface area contributed by atoms with Crippen molar-refractivity contribution < 1.29 is 29.1 Å². The molecule has 0 aliphatic carbocycles. The van der Waals surface area contributed by atoms with Crippen LogP contribution in [0.2, 0.25) is 0 Å². The fraction of sp³-hybridized carbons (Fsp3) is 0.200. The van der Waals surface area contributed by atoms with E-state index in [1.165, 1.54) is 6.92 Å². The number of carbonyl (C=O) groups is 3. The van der Waals surface area contributed by atoms with E-state index in [-0.39, 0.29) is 17.0 Å². The van der Waals surface area contributed by atoms with Crippen LogP contribution in [0.4, 0.5) is 0 Å². The minimum absolute atomic E-state index is 0.0285. The molecule has 0 aliphatic heterocycles. The summed E-state index contributed by atoms with van der Waals surface area (Å²) in [6.07, 6.45) is -0.904. The summed E-state index contributed by atoms with van der Waals surface area (Å²) in [6.45, 7) is 1.49. The number of carboxylic acids is 2. The van der Waals surface area contributed by atoms with Gasteiger partial charge in [0.15, 0.2) is 0 Å². The molecule has 23 heavy (non-hydrogen) atoms. The molecule has 0 fully saturated rings. The van der Waals surface area contributed by atoms with Crippen LogP contribution in [0.15, 0.2) is 34.9 Å². The molecule has 0 radical (unpaired) electrons. The molecule has 1 aromatic carbocycles. The van der Waals surface area contributed by atoms with Gasteiger partial charge < -0.3 is 29.6 Å². The van der Waals surface area contributed by atoms with E-state index in [9.17, 15) is 24.6 Å². The van der Waals surface area contributed by atoms with Crippen LogP contribution < -0.4 is 15.5 Å². The van der Waals surface area contributed by atoms with Crippen LogP contribution in [-0.4, -0.2) is 29.0 Å². The van der Waals surface area contributed by atoms with Gasteiger partial charge in [-0.2, -0.15) is 0 Å². The van der Waals surface area contributed by atoms with E-state index in [2.05, 4.69) is 10.5 Å². The zero-order valence-corrected chi connectivity index (χ0v) is 12.1. The summed E-state index contributed by atoms with van der Waals surface area (Å²) in [6, 6.07) is 6.94. The molecule has 1 atom stereocenters. The van der Waals surface area contributed by atoms with Crippen LogP contribution in [0.3, 0.4) is 0 Å². The molecule has 1 N–H and O–H groups in total. The van der Waals surface area contributed by atoms with Gasteiger partial charge in [-0.05, 0) is 6.92 Å². The molecule has 0 unspecified atom stereocenters. The molecule has 2 aromatic rings. The van der Waals surface area contributed by atoms with Gasteiger partial charge in [0.2, 0.25) is 0 Å². The van der Waals surface area contributed by atoms with Gasteiger partial charge in [0.1, 0.15) is 17.0 Å². The molecular weight excluding hydrogens is 304 g/mol. The highest BCUT2D eigenvalue weighted by atomic mass is 16.5. The number of aliphatic carboxylic acids is 2. The second kappa shape index (κ2) is 6.73. The largest absolute Gasteiger partial charge is 0.550 e. The number of carboxylic acid groups (broad SMARTS) is 2. The van der Waals surface area contributed by atoms with Crippen molar-refractivity contribution in [2.75, 3.05) is 0 Å². The average Bonchev–Trinajstić information content (AvgIpc) is 2.88. The minimum atomic E-state index is -1.72. The summed E-state index contributed by atoms with van der Waals surface area (Å²) in [4.78, 5) is 33.8. The van der Waals surface area contributed by atoms with Gasteiger partial charge in [0.25, 0.3) is 5.91 Å². The lowest BCUT2D eigenvalue weighted by molar-refractivity contribution is -0.317. The molecule has 0 spiro atoms. The summed E-state index contributed by atoms with van der Waals surface area (Å²) in [5, 5.41) is 27.3. The van der Waals surface area contributed by atoms with E-state index in [0.29, 0.717) is 5.56 Å². The number of hydrogen-bond donors (Lipinski definition) is 1. The summed E-state index contributed by atoms with van der Waals surface area (Å²) in [5.41, 5.74) is 0.853. The number of nitrogens with zero attached hydrogens (tertiary/aromatic N) is 1. The Morgan fingerprint density at radius 1 is 1.22 bits per heavy atom. The number of aromatic nitrogens is 1. The third-order valence-electron chi connectivity index (χ3n) is 3.10. The smallest absolute Gasteiger partial charge is 0.257 e.